The van der Waals surface area contributed by atoms with Gasteiger partial charge in [0.1, 0.15) is 17.3 Å². The molecule has 0 aliphatic heterocycles. The number of hydrogen-bond donors (Lipinski definition) is 1. The van der Waals surface area contributed by atoms with Gasteiger partial charge >= 0.3 is 0 Å². The number of imidazole rings is 1. The molecule has 0 atom stereocenters. The van der Waals surface area contributed by atoms with E-state index < -0.39 is 0 Å². The number of hydrogen-bond acceptors (Lipinski definition) is 4. The van der Waals surface area contributed by atoms with E-state index in [0.717, 1.165) is 66.1 Å². The molecule has 1 heterocycles. The fourth-order valence-corrected chi connectivity index (χ4v) is 4.11. The summed E-state index contributed by atoms with van der Waals surface area (Å²) in [6, 6.07) is 25.8. The molecule has 0 spiro atoms. The quantitative estimate of drug-likeness (QED) is 0.272. The zero-order valence-electron chi connectivity index (χ0n) is 20.3. The molecule has 1 N–H and O–H groups in total. The molecule has 6 heteroatoms. The first-order valence-electron chi connectivity index (χ1n) is 12.2. The smallest absolute Gasteiger partial charge is 0.224 e. The topological polar surface area (TPSA) is 65.4 Å². The van der Waals surface area contributed by atoms with Crippen LogP contribution < -0.4 is 14.8 Å². The monoisotopic (exact) mass is 471 g/mol. The predicted molar refractivity (Wildman–Crippen MR) is 139 cm³/mol. The second kappa shape index (κ2) is 12.6. The number of nitrogens with zero attached hydrogens (tertiary/aromatic N) is 2. The number of methoxy groups -OCH3 is 1. The second-order valence-electron chi connectivity index (χ2n) is 8.52. The number of carbonyl (C=O) groups excluding carboxylic acids is 1. The Labute approximate surface area is 206 Å². The van der Waals surface area contributed by atoms with Crippen molar-refractivity contribution < 1.29 is 14.3 Å². The van der Waals surface area contributed by atoms with Crippen molar-refractivity contribution in [2.45, 2.75) is 38.6 Å². The summed E-state index contributed by atoms with van der Waals surface area (Å²) in [4.78, 5) is 17.2. The third kappa shape index (κ3) is 7.09. The molecule has 4 rings (SSSR count). The first-order valence-corrected chi connectivity index (χ1v) is 12.2. The van der Waals surface area contributed by atoms with Gasteiger partial charge in [0, 0.05) is 19.5 Å². The van der Waals surface area contributed by atoms with Crippen molar-refractivity contribution in [2.24, 2.45) is 0 Å². The fraction of sp³-hybridized carbons (Fsp3) is 0.310. The Balaban J connectivity index is 1.25. The average Bonchev–Trinajstić information content (AvgIpc) is 3.25. The van der Waals surface area contributed by atoms with Gasteiger partial charge in [0.2, 0.25) is 5.91 Å². The summed E-state index contributed by atoms with van der Waals surface area (Å²) >= 11 is 0. The summed E-state index contributed by atoms with van der Waals surface area (Å²) in [5, 5.41) is 3.03. The van der Waals surface area contributed by atoms with Crippen LogP contribution in [0.25, 0.3) is 11.0 Å². The van der Waals surface area contributed by atoms with Crippen LogP contribution in [0.5, 0.6) is 11.5 Å². The predicted octanol–water partition coefficient (Wildman–Crippen LogP) is 5.20. The van der Waals surface area contributed by atoms with Crippen LogP contribution >= 0.6 is 0 Å². The van der Waals surface area contributed by atoms with E-state index >= 15 is 0 Å². The van der Waals surface area contributed by atoms with Crippen molar-refractivity contribution >= 4 is 16.9 Å². The molecule has 0 aliphatic carbocycles. The molecule has 4 aromatic rings. The summed E-state index contributed by atoms with van der Waals surface area (Å²) in [5.74, 6) is 2.80. The number of fused-ring (bicyclic) bond motifs is 1. The molecule has 0 aliphatic rings. The Hall–Kier alpha value is -3.80. The molecule has 35 heavy (non-hydrogen) atoms. The number of aryl methyl sites for hydroxylation is 2. The highest BCUT2D eigenvalue weighted by Crippen LogP contribution is 2.18. The van der Waals surface area contributed by atoms with E-state index in [9.17, 15) is 4.79 Å². The van der Waals surface area contributed by atoms with Gasteiger partial charge in [0.15, 0.2) is 0 Å². The van der Waals surface area contributed by atoms with E-state index in [1.165, 1.54) is 0 Å². The summed E-state index contributed by atoms with van der Waals surface area (Å²) in [6.45, 7) is 2.23. The first kappa shape index (κ1) is 24.3. The Bertz CT molecular complexity index is 1200. The van der Waals surface area contributed by atoms with Gasteiger partial charge < -0.3 is 19.4 Å². The lowest BCUT2D eigenvalue weighted by Crippen LogP contribution is -2.26. The minimum Gasteiger partial charge on any atom is -0.497 e. The Morgan fingerprint density at radius 1 is 0.886 bits per heavy atom. The van der Waals surface area contributed by atoms with Crippen molar-refractivity contribution in [2.75, 3.05) is 20.3 Å². The van der Waals surface area contributed by atoms with Crippen molar-refractivity contribution in [1.29, 1.82) is 0 Å². The van der Waals surface area contributed by atoms with E-state index in [4.69, 9.17) is 14.5 Å². The van der Waals surface area contributed by atoms with Crippen LogP contribution in [0, 0.1) is 0 Å². The third-order valence-electron chi connectivity index (χ3n) is 5.94. The lowest BCUT2D eigenvalue weighted by atomic mass is 10.1. The molecule has 0 bridgehead atoms. The van der Waals surface area contributed by atoms with E-state index in [1.807, 2.05) is 60.7 Å². The summed E-state index contributed by atoms with van der Waals surface area (Å²) < 4.78 is 13.3. The van der Waals surface area contributed by atoms with Gasteiger partial charge in [-0.15, -0.1) is 0 Å². The van der Waals surface area contributed by atoms with E-state index in [1.54, 1.807) is 7.11 Å². The minimum absolute atomic E-state index is 0.0297. The molecule has 0 unspecified atom stereocenters. The lowest BCUT2D eigenvalue weighted by molar-refractivity contribution is -0.120. The molecule has 0 saturated carbocycles. The van der Waals surface area contributed by atoms with Crippen LogP contribution in [0.15, 0.2) is 78.9 Å². The standard InChI is InChI=1S/C29H33N3O3/c1-34-24-17-15-23(16-18-24)22-29(33)30-19-9-14-28-31-26-12-5-6-13-27(26)32(28)20-7-8-21-35-25-10-3-2-4-11-25/h2-6,10-13,15-18H,7-9,14,19-22H2,1H3,(H,30,33). The number of amides is 1. The first-order chi connectivity index (χ1) is 17.2. The summed E-state index contributed by atoms with van der Waals surface area (Å²) in [5.41, 5.74) is 3.16. The Morgan fingerprint density at radius 2 is 1.66 bits per heavy atom. The number of rotatable bonds is 13. The van der Waals surface area contributed by atoms with Crippen molar-refractivity contribution in [3.63, 3.8) is 0 Å². The minimum atomic E-state index is 0.0297. The maximum Gasteiger partial charge on any atom is 0.224 e. The fourth-order valence-electron chi connectivity index (χ4n) is 4.11. The maximum atomic E-state index is 12.3. The number of carbonyl (C=O) groups is 1. The van der Waals surface area contributed by atoms with Crippen molar-refractivity contribution in [3.8, 4) is 11.5 Å². The van der Waals surface area contributed by atoms with Crippen LogP contribution in [0.2, 0.25) is 0 Å². The van der Waals surface area contributed by atoms with Crippen LogP contribution in [-0.2, 0) is 24.2 Å². The molecule has 1 amide bonds. The normalized spacial score (nSPS) is 10.9. The molecule has 182 valence electrons. The zero-order chi connectivity index (χ0) is 24.3. The molecular formula is C29H33N3O3. The highest BCUT2D eigenvalue weighted by atomic mass is 16.5. The van der Waals surface area contributed by atoms with Crippen LogP contribution in [0.4, 0.5) is 0 Å². The molecule has 6 nitrogen and oxygen atoms in total. The molecule has 3 aromatic carbocycles. The number of benzene rings is 3. The van der Waals surface area contributed by atoms with Crippen molar-refractivity contribution in [1.82, 2.24) is 14.9 Å². The Kier molecular flexibility index (Phi) is 8.76. The number of para-hydroxylation sites is 3. The van der Waals surface area contributed by atoms with Crippen LogP contribution in [0.1, 0.15) is 30.7 Å². The molecule has 0 saturated heterocycles. The van der Waals surface area contributed by atoms with Gasteiger partial charge in [-0.05, 0) is 61.2 Å². The molecule has 0 radical (unpaired) electrons. The van der Waals surface area contributed by atoms with Gasteiger partial charge in [-0.2, -0.15) is 0 Å². The third-order valence-corrected chi connectivity index (χ3v) is 5.94. The van der Waals surface area contributed by atoms with E-state index in [0.29, 0.717) is 19.6 Å². The van der Waals surface area contributed by atoms with Crippen LogP contribution in [-0.4, -0.2) is 35.7 Å². The Morgan fingerprint density at radius 3 is 2.46 bits per heavy atom. The second-order valence-corrected chi connectivity index (χ2v) is 8.52. The maximum absolute atomic E-state index is 12.3. The van der Waals surface area contributed by atoms with Gasteiger partial charge in [0.05, 0.1) is 31.2 Å². The van der Waals surface area contributed by atoms with E-state index in [2.05, 4.69) is 28.1 Å². The highest BCUT2D eigenvalue weighted by molar-refractivity contribution is 5.78. The SMILES string of the molecule is COc1ccc(CC(=O)NCCCc2nc3ccccc3n2CCCCOc2ccccc2)cc1. The number of unbranched alkanes of at least 4 members (excludes halogenated alkanes) is 1. The number of aromatic nitrogens is 2. The van der Waals surface area contributed by atoms with Gasteiger partial charge in [0.25, 0.3) is 0 Å². The van der Waals surface area contributed by atoms with Gasteiger partial charge in [-0.3, -0.25) is 4.79 Å². The van der Waals surface area contributed by atoms with Crippen LogP contribution in [0.3, 0.4) is 0 Å². The van der Waals surface area contributed by atoms with Gasteiger partial charge in [-0.1, -0.05) is 42.5 Å². The summed E-state index contributed by atoms with van der Waals surface area (Å²) in [6.07, 6.45) is 4.02. The van der Waals surface area contributed by atoms with Crippen molar-refractivity contribution in [3.05, 3.63) is 90.3 Å². The van der Waals surface area contributed by atoms with E-state index in [-0.39, 0.29) is 5.91 Å². The lowest BCUT2D eigenvalue weighted by Gasteiger charge is -2.11. The highest BCUT2D eigenvalue weighted by Gasteiger charge is 2.11. The molecule has 1 aromatic heterocycles. The number of nitrogens with one attached hydrogen (secondary N) is 1. The number of ether oxygens (including phenoxy) is 2. The molecular weight excluding hydrogens is 438 g/mol. The zero-order valence-corrected chi connectivity index (χ0v) is 20.3. The molecule has 0 fully saturated rings. The average molecular weight is 472 g/mol. The van der Waals surface area contributed by atoms with Gasteiger partial charge in [-0.25, -0.2) is 4.98 Å². The summed E-state index contributed by atoms with van der Waals surface area (Å²) in [7, 11) is 1.64. The largest absolute Gasteiger partial charge is 0.497 e.